The molecule has 88 valence electrons. The van der Waals surface area contributed by atoms with Crippen LogP contribution in [0.5, 0.6) is 5.75 Å². The Morgan fingerprint density at radius 3 is 2.25 bits per heavy atom. The van der Waals surface area contributed by atoms with Crippen LogP contribution in [0.2, 0.25) is 5.02 Å². The van der Waals surface area contributed by atoms with Crippen molar-refractivity contribution in [2.75, 3.05) is 7.11 Å². The number of hydrogen-bond acceptors (Lipinski definition) is 3. The summed E-state index contributed by atoms with van der Waals surface area (Å²) < 4.78 is 5.32. The minimum Gasteiger partial charge on any atom is -0.496 e. The Hall–Kier alpha value is -1.06. The van der Waals surface area contributed by atoms with Gasteiger partial charge in [0.25, 0.3) is 0 Å². The van der Waals surface area contributed by atoms with E-state index in [4.69, 9.17) is 22.1 Å². The highest BCUT2D eigenvalue weighted by Gasteiger charge is 2.21. The van der Waals surface area contributed by atoms with E-state index in [0.29, 0.717) is 22.6 Å². The van der Waals surface area contributed by atoms with E-state index in [1.807, 2.05) is 20.8 Å². The maximum atomic E-state index is 10.8. The third-order valence-electron chi connectivity index (χ3n) is 2.89. The molecule has 0 aromatic heterocycles. The van der Waals surface area contributed by atoms with Gasteiger partial charge in [0.05, 0.1) is 13.2 Å². The Bertz CT molecular complexity index is 430. The lowest BCUT2D eigenvalue weighted by Crippen LogP contribution is -2.15. The lowest BCUT2D eigenvalue weighted by atomic mass is 9.95. The van der Waals surface area contributed by atoms with E-state index in [1.54, 1.807) is 7.11 Å². The molecular weight excluding hydrogens is 226 g/mol. The Labute approximate surface area is 101 Å². The van der Waals surface area contributed by atoms with Crippen LogP contribution in [0.4, 0.5) is 0 Å². The summed E-state index contributed by atoms with van der Waals surface area (Å²) in [5, 5.41) is 0.644. The zero-order valence-electron chi connectivity index (χ0n) is 9.93. The molecule has 0 spiro atoms. The van der Waals surface area contributed by atoms with Gasteiger partial charge in [-0.2, -0.15) is 0 Å². The molecule has 0 bridgehead atoms. The van der Waals surface area contributed by atoms with Crippen molar-refractivity contribution in [3.63, 3.8) is 0 Å². The summed E-state index contributed by atoms with van der Waals surface area (Å²) in [6.45, 7) is 5.67. The van der Waals surface area contributed by atoms with Crippen molar-refractivity contribution in [1.82, 2.24) is 0 Å². The molecule has 0 fully saturated rings. The molecule has 0 aliphatic heterocycles. The van der Waals surface area contributed by atoms with E-state index in [-0.39, 0.29) is 0 Å². The summed E-state index contributed by atoms with van der Waals surface area (Å²) >= 11 is 6.19. The molecule has 2 N–H and O–H groups in total. The van der Waals surface area contributed by atoms with Crippen molar-refractivity contribution in [1.29, 1.82) is 0 Å². The van der Waals surface area contributed by atoms with E-state index in [2.05, 4.69) is 0 Å². The molecule has 0 amide bonds. The second kappa shape index (κ2) is 4.85. The van der Waals surface area contributed by atoms with Crippen LogP contribution < -0.4 is 10.5 Å². The van der Waals surface area contributed by atoms with Crippen LogP contribution in [-0.4, -0.2) is 13.4 Å². The van der Waals surface area contributed by atoms with Crippen LogP contribution in [0, 0.1) is 20.8 Å². The van der Waals surface area contributed by atoms with Gasteiger partial charge in [0, 0.05) is 10.6 Å². The quantitative estimate of drug-likeness (QED) is 0.828. The van der Waals surface area contributed by atoms with Crippen LogP contribution in [0.1, 0.15) is 28.3 Å². The zero-order chi connectivity index (χ0) is 12.5. The molecule has 1 atom stereocenters. The number of carbonyl (C=O) groups is 1. The van der Waals surface area contributed by atoms with Crippen molar-refractivity contribution in [2.24, 2.45) is 5.73 Å². The van der Waals surface area contributed by atoms with Gasteiger partial charge in [0.15, 0.2) is 0 Å². The monoisotopic (exact) mass is 241 g/mol. The third-order valence-corrected chi connectivity index (χ3v) is 3.46. The Morgan fingerprint density at radius 2 is 1.81 bits per heavy atom. The van der Waals surface area contributed by atoms with Gasteiger partial charge in [-0.1, -0.05) is 11.6 Å². The standard InChI is InChI=1S/C12H16ClNO2/c1-6-7(2)12(16-4)10(9(14)5-15)8(3)11(6)13/h5,9H,14H2,1-4H3. The van der Waals surface area contributed by atoms with Gasteiger partial charge in [0.2, 0.25) is 0 Å². The summed E-state index contributed by atoms with van der Waals surface area (Å²) in [5.74, 6) is 0.652. The minimum absolute atomic E-state index is 0.644. The first-order valence-electron chi connectivity index (χ1n) is 4.99. The van der Waals surface area contributed by atoms with E-state index < -0.39 is 6.04 Å². The van der Waals surface area contributed by atoms with Gasteiger partial charge in [0.1, 0.15) is 12.0 Å². The highest BCUT2D eigenvalue weighted by molar-refractivity contribution is 6.32. The third kappa shape index (κ3) is 1.93. The van der Waals surface area contributed by atoms with Gasteiger partial charge in [-0.15, -0.1) is 0 Å². The van der Waals surface area contributed by atoms with E-state index in [0.717, 1.165) is 16.7 Å². The summed E-state index contributed by atoms with van der Waals surface area (Å²) in [4.78, 5) is 10.8. The zero-order valence-corrected chi connectivity index (χ0v) is 10.7. The highest BCUT2D eigenvalue weighted by atomic mass is 35.5. The molecule has 0 radical (unpaired) electrons. The van der Waals surface area contributed by atoms with Crippen LogP contribution in [0.25, 0.3) is 0 Å². The van der Waals surface area contributed by atoms with Gasteiger partial charge in [-0.3, -0.25) is 0 Å². The predicted octanol–water partition coefficient (Wildman–Crippen LogP) is 2.47. The van der Waals surface area contributed by atoms with Crippen LogP contribution in [0.15, 0.2) is 0 Å². The molecule has 0 aliphatic carbocycles. The number of benzene rings is 1. The largest absolute Gasteiger partial charge is 0.496 e. The first-order chi connectivity index (χ1) is 7.45. The summed E-state index contributed by atoms with van der Waals surface area (Å²) in [6, 6.07) is -0.702. The lowest BCUT2D eigenvalue weighted by Gasteiger charge is -2.20. The fourth-order valence-corrected chi connectivity index (χ4v) is 2.08. The molecule has 4 heteroatoms. The molecule has 0 aliphatic rings. The van der Waals surface area contributed by atoms with Gasteiger partial charge in [-0.05, 0) is 37.5 Å². The fraction of sp³-hybridized carbons (Fsp3) is 0.417. The highest BCUT2D eigenvalue weighted by Crippen LogP contribution is 2.37. The molecule has 1 unspecified atom stereocenters. The number of hydrogen-bond donors (Lipinski definition) is 1. The molecule has 0 saturated heterocycles. The van der Waals surface area contributed by atoms with Gasteiger partial charge in [-0.25, -0.2) is 0 Å². The second-order valence-electron chi connectivity index (χ2n) is 3.80. The number of methoxy groups -OCH3 is 1. The SMILES string of the molecule is COc1c(C)c(C)c(Cl)c(C)c1C(N)C=O. The van der Waals surface area contributed by atoms with Crippen molar-refractivity contribution < 1.29 is 9.53 Å². The first-order valence-corrected chi connectivity index (χ1v) is 5.37. The molecule has 1 aromatic rings. The second-order valence-corrected chi connectivity index (χ2v) is 4.18. The Balaban J connectivity index is 3.63. The van der Waals surface area contributed by atoms with E-state index in [1.165, 1.54) is 0 Å². The topological polar surface area (TPSA) is 52.3 Å². The fourth-order valence-electron chi connectivity index (χ4n) is 1.84. The molecule has 1 aromatic carbocycles. The normalized spacial score (nSPS) is 12.4. The van der Waals surface area contributed by atoms with Crippen molar-refractivity contribution >= 4 is 17.9 Å². The molecule has 0 heterocycles. The Kier molecular flexibility index (Phi) is 3.94. The van der Waals surface area contributed by atoms with Crippen LogP contribution >= 0.6 is 11.6 Å². The molecule has 16 heavy (non-hydrogen) atoms. The van der Waals surface area contributed by atoms with Crippen LogP contribution in [-0.2, 0) is 4.79 Å². The number of carbonyl (C=O) groups excluding carboxylic acids is 1. The number of halogens is 1. The molecule has 1 rings (SSSR count). The first kappa shape index (κ1) is 13.0. The van der Waals surface area contributed by atoms with E-state index in [9.17, 15) is 4.79 Å². The minimum atomic E-state index is -0.702. The number of ether oxygens (including phenoxy) is 1. The predicted molar refractivity (Wildman–Crippen MR) is 65.2 cm³/mol. The molecule has 3 nitrogen and oxygen atoms in total. The van der Waals surface area contributed by atoms with Gasteiger partial charge < -0.3 is 15.3 Å². The number of aldehydes is 1. The number of rotatable bonds is 3. The number of nitrogens with two attached hydrogens (primary N) is 1. The van der Waals surface area contributed by atoms with Crippen LogP contribution in [0.3, 0.4) is 0 Å². The summed E-state index contributed by atoms with van der Waals surface area (Å²) in [5.41, 5.74) is 9.11. The van der Waals surface area contributed by atoms with Gasteiger partial charge >= 0.3 is 0 Å². The molecular formula is C12H16ClNO2. The maximum Gasteiger partial charge on any atom is 0.141 e. The lowest BCUT2D eigenvalue weighted by molar-refractivity contribution is -0.109. The average Bonchev–Trinajstić information content (AvgIpc) is 2.29. The summed E-state index contributed by atoms with van der Waals surface area (Å²) in [7, 11) is 1.57. The van der Waals surface area contributed by atoms with Crippen molar-refractivity contribution in [3.05, 3.63) is 27.3 Å². The Morgan fingerprint density at radius 1 is 1.25 bits per heavy atom. The summed E-state index contributed by atoms with van der Waals surface area (Å²) in [6.07, 6.45) is 0.690. The smallest absolute Gasteiger partial charge is 0.141 e. The van der Waals surface area contributed by atoms with E-state index >= 15 is 0 Å². The molecule has 0 saturated carbocycles. The average molecular weight is 242 g/mol. The maximum absolute atomic E-state index is 10.8. The van der Waals surface area contributed by atoms with Crippen molar-refractivity contribution in [2.45, 2.75) is 26.8 Å². The van der Waals surface area contributed by atoms with Crippen molar-refractivity contribution in [3.8, 4) is 5.75 Å².